The van der Waals surface area contributed by atoms with Crippen LogP contribution in [0.15, 0.2) is 30.3 Å². The molecule has 0 aliphatic rings. The number of hydrogen-bond donors (Lipinski definition) is 0. The molecule has 0 saturated heterocycles. The lowest BCUT2D eigenvalue weighted by Gasteiger charge is -2.13. The minimum Gasteiger partial charge on any atom is -0.493 e. The Morgan fingerprint density at radius 1 is 0.676 bits per heavy atom. The molecule has 34 heavy (non-hydrogen) atoms. The van der Waals surface area contributed by atoms with Gasteiger partial charge in [0.1, 0.15) is 6.61 Å². The van der Waals surface area contributed by atoms with Crippen LogP contribution in [0.3, 0.4) is 0 Å². The first-order valence-electron chi connectivity index (χ1n) is 10.6. The lowest BCUT2D eigenvalue weighted by atomic mass is 10.1. The Morgan fingerprint density at radius 3 is 1.88 bits per heavy atom. The molecule has 0 aromatic heterocycles. The quantitative estimate of drug-likeness (QED) is 0.166. The van der Waals surface area contributed by atoms with Crippen molar-refractivity contribution in [3.05, 3.63) is 41.5 Å². The van der Waals surface area contributed by atoms with Gasteiger partial charge in [-0.05, 0) is 35.4 Å². The Bertz CT molecular complexity index is 915. The zero-order valence-corrected chi connectivity index (χ0v) is 20.3. The van der Waals surface area contributed by atoms with Gasteiger partial charge in [-0.2, -0.15) is 0 Å². The summed E-state index contributed by atoms with van der Waals surface area (Å²) in [6.07, 6.45) is 3.75. The van der Waals surface area contributed by atoms with Crippen molar-refractivity contribution in [3.8, 4) is 28.7 Å². The van der Waals surface area contributed by atoms with Crippen molar-refractivity contribution in [1.82, 2.24) is 0 Å². The largest absolute Gasteiger partial charge is 0.493 e. The van der Waals surface area contributed by atoms with E-state index in [4.69, 9.17) is 37.9 Å². The van der Waals surface area contributed by atoms with E-state index in [1.165, 1.54) is 7.11 Å². The molecule has 2 aromatic rings. The summed E-state index contributed by atoms with van der Waals surface area (Å²) in [6.45, 7) is 1.40. The molecule has 0 saturated carbocycles. The number of carbonyl (C=O) groups is 1. The maximum absolute atomic E-state index is 12.2. The summed E-state index contributed by atoms with van der Waals surface area (Å²) in [5.41, 5.74) is 1.63. The van der Waals surface area contributed by atoms with Crippen LogP contribution in [0, 0.1) is 0 Å². The molecule has 0 bridgehead atoms. The molecule has 0 atom stereocenters. The molecular formula is C25H32O9. The van der Waals surface area contributed by atoms with E-state index in [-0.39, 0.29) is 13.2 Å². The van der Waals surface area contributed by atoms with Crippen molar-refractivity contribution >= 4 is 18.1 Å². The second-order valence-electron chi connectivity index (χ2n) is 6.83. The van der Waals surface area contributed by atoms with Crippen LogP contribution in [-0.4, -0.2) is 74.6 Å². The molecule has 0 radical (unpaired) electrons. The maximum atomic E-state index is 12.2. The van der Waals surface area contributed by atoms with E-state index in [0.717, 1.165) is 11.1 Å². The van der Waals surface area contributed by atoms with Gasteiger partial charge in [0.05, 0.1) is 54.9 Å². The zero-order valence-electron chi connectivity index (χ0n) is 20.3. The van der Waals surface area contributed by atoms with Gasteiger partial charge >= 0.3 is 5.97 Å². The number of benzene rings is 2. The Balaban J connectivity index is 2.04. The van der Waals surface area contributed by atoms with Crippen LogP contribution >= 0.6 is 0 Å². The monoisotopic (exact) mass is 476 g/mol. The van der Waals surface area contributed by atoms with Gasteiger partial charge in [-0.1, -0.05) is 18.2 Å². The summed E-state index contributed by atoms with van der Waals surface area (Å²) < 4.78 is 42.3. The summed E-state index contributed by atoms with van der Waals surface area (Å²) in [5.74, 6) is 1.80. The van der Waals surface area contributed by atoms with Crippen LogP contribution in [0.1, 0.15) is 11.1 Å². The maximum Gasteiger partial charge on any atom is 0.337 e. The molecule has 186 valence electrons. The minimum atomic E-state index is -0.541. The lowest BCUT2D eigenvalue weighted by Crippen LogP contribution is -2.18. The molecule has 2 aromatic carbocycles. The van der Waals surface area contributed by atoms with E-state index in [1.54, 1.807) is 40.6 Å². The van der Waals surface area contributed by atoms with Gasteiger partial charge in [0, 0.05) is 7.11 Å². The highest BCUT2D eigenvalue weighted by Gasteiger charge is 2.13. The van der Waals surface area contributed by atoms with Crippen LogP contribution in [0.2, 0.25) is 0 Å². The average Bonchev–Trinajstić information content (AvgIpc) is 2.86. The number of carbonyl (C=O) groups excluding carboxylic acids is 1. The van der Waals surface area contributed by atoms with Crippen LogP contribution in [-0.2, 0) is 19.0 Å². The molecule has 9 heteroatoms. The molecule has 0 unspecified atom stereocenters. The fourth-order valence-electron chi connectivity index (χ4n) is 2.94. The minimum absolute atomic E-state index is 0.206. The van der Waals surface area contributed by atoms with Crippen molar-refractivity contribution in [3.63, 3.8) is 0 Å². The number of esters is 1. The number of methoxy groups -OCH3 is 5. The fourth-order valence-corrected chi connectivity index (χ4v) is 2.94. The van der Waals surface area contributed by atoms with Crippen LogP contribution in [0.4, 0.5) is 0 Å². The Morgan fingerprint density at radius 2 is 1.26 bits per heavy atom. The normalized spacial score (nSPS) is 10.9. The first-order chi connectivity index (χ1) is 16.6. The third-order valence-electron chi connectivity index (χ3n) is 4.59. The third-order valence-corrected chi connectivity index (χ3v) is 4.59. The second-order valence-corrected chi connectivity index (χ2v) is 6.83. The smallest absolute Gasteiger partial charge is 0.337 e. The van der Waals surface area contributed by atoms with E-state index >= 15 is 0 Å². The summed E-state index contributed by atoms with van der Waals surface area (Å²) in [6, 6.07) is 8.94. The highest BCUT2D eigenvalue weighted by molar-refractivity contribution is 5.77. The molecule has 0 heterocycles. The second kappa shape index (κ2) is 14.8. The van der Waals surface area contributed by atoms with Crippen molar-refractivity contribution in [1.29, 1.82) is 0 Å². The molecule has 0 spiro atoms. The highest BCUT2D eigenvalue weighted by atomic mass is 16.6. The number of hydrogen-bond acceptors (Lipinski definition) is 9. The predicted octanol–water partition coefficient (Wildman–Crippen LogP) is 3.48. The predicted molar refractivity (Wildman–Crippen MR) is 127 cm³/mol. The van der Waals surface area contributed by atoms with Gasteiger partial charge in [0.25, 0.3) is 0 Å². The standard InChI is InChI=1S/C25H32O9/c1-27-10-11-32-12-13-33-17-24(26)34-21-14-18(8-9-20(21)28-2)6-7-19-15-22(29-3)25(31-5)23(16-19)30-4/h6-9,14-16H,10-13,17H2,1-5H3. The van der Waals surface area contributed by atoms with Gasteiger partial charge in [0.2, 0.25) is 5.75 Å². The summed E-state index contributed by atoms with van der Waals surface area (Å²) >= 11 is 0. The van der Waals surface area contributed by atoms with Crippen LogP contribution in [0.25, 0.3) is 12.2 Å². The van der Waals surface area contributed by atoms with Crippen LogP contribution in [0.5, 0.6) is 28.7 Å². The van der Waals surface area contributed by atoms with Crippen LogP contribution < -0.4 is 23.7 Å². The Hall–Kier alpha value is -3.27. The molecular weight excluding hydrogens is 444 g/mol. The molecule has 0 amide bonds. The van der Waals surface area contributed by atoms with E-state index in [2.05, 4.69) is 0 Å². The lowest BCUT2D eigenvalue weighted by molar-refractivity contribution is -0.140. The van der Waals surface area contributed by atoms with Gasteiger partial charge in [-0.3, -0.25) is 0 Å². The van der Waals surface area contributed by atoms with E-state index in [9.17, 15) is 4.79 Å². The summed E-state index contributed by atoms with van der Waals surface area (Å²) in [4.78, 5) is 12.2. The van der Waals surface area contributed by atoms with E-state index < -0.39 is 5.97 Å². The summed E-state index contributed by atoms with van der Waals surface area (Å²) in [7, 11) is 7.78. The van der Waals surface area contributed by atoms with Crippen molar-refractivity contribution in [2.45, 2.75) is 0 Å². The van der Waals surface area contributed by atoms with Gasteiger partial charge in [0.15, 0.2) is 23.0 Å². The molecule has 0 aliphatic carbocycles. The van der Waals surface area contributed by atoms with Gasteiger partial charge in [-0.25, -0.2) is 4.79 Å². The highest BCUT2D eigenvalue weighted by Crippen LogP contribution is 2.38. The van der Waals surface area contributed by atoms with E-state index in [0.29, 0.717) is 48.6 Å². The van der Waals surface area contributed by atoms with Crippen molar-refractivity contribution in [2.24, 2.45) is 0 Å². The molecule has 9 nitrogen and oxygen atoms in total. The fraction of sp³-hybridized carbons (Fsp3) is 0.400. The van der Waals surface area contributed by atoms with Gasteiger partial charge in [-0.15, -0.1) is 0 Å². The molecule has 2 rings (SSSR count). The molecule has 0 N–H and O–H groups in total. The molecule has 0 fully saturated rings. The molecule has 0 aliphatic heterocycles. The number of rotatable bonds is 15. The SMILES string of the molecule is COCCOCCOCC(=O)Oc1cc(C=Cc2cc(OC)c(OC)c(OC)c2)ccc1OC. The van der Waals surface area contributed by atoms with E-state index in [1.807, 2.05) is 30.4 Å². The van der Waals surface area contributed by atoms with Gasteiger partial charge < -0.3 is 37.9 Å². The van der Waals surface area contributed by atoms with Crippen molar-refractivity contribution < 1.29 is 42.7 Å². The first-order valence-corrected chi connectivity index (χ1v) is 10.6. The third kappa shape index (κ3) is 8.26. The Labute approximate surface area is 200 Å². The van der Waals surface area contributed by atoms with Crippen molar-refractivity contribution in [2.75, 3.05) is 68.6 Å². The Kier molecular flexibility index (Phi) is 11.7. The summed E-state index contributed by atoms with van der Waals surface area (Å²) in [5, 5.41) is 0. The number of ether oxygens (including phenoxy) is 8. The topological polar surface area (TPSA) is 90.9 Å². The first kappa shape index (κ1) is 27.0. The zero-order chi connectivity index (χ0) is 24.8. The average molecular weight is 477 g/mol.